The molecule has 1 atom stereocenters. The molecule has 0 spiro atoms. The Kier molecular flexibility index (Phi) is 3.69. The topological polar surface area (TPSA) is 26.0 Å². The van der Waals surface area contributed by atoms with Gasteiger partial charge in [0.25, 0.3) is 0 Å². The summed E-state index contributed by atoms with van der Waals surface area (Å²) >= 11 is 1.42. The van der Waals surface area contributed by atoms with E-state index in [2.05, 4.69) is 0 Å². The monoisotopic (exact) mass is 203 g/mol. The molecule has 0 heterocycles. The van der Waals surface area contributed by atoms with Crippen LogP contribution in [0.3, 0.4) is 0 Å². The highest BCUT2D eigenvalue weighted by Gasteiger charge is 2.03. The lowest BCUT2D eigenvalue weighted by Crippen LogP contribution is -2.17. The fourth-order valence-corrected chi connectivity index (χ4v) is 1.60. The summed E-state index contributed by atoms with van der Waals surface area (Å²) in [5.74, 6) is -0.926. The molecule has 0 aliphatic carbocycles. The Hall–Kier alpha value is -0.610. The molecule has 0 bridgehead atoms. The van der Waals surface area contributed by atoms with E-state index in [1.54, 1.807) is 6.07 Å². The average molecular weight is 203 g/mol. The van der Waals surface area contributed by atoms with Crippen molar-refractivity contribution in [3.05, 3.63) is 29.8 Å². The van der Waals surface area contributed by atoms with Gasteiger partial charge in [-0.15, -0.1) is 11.8 Å². The van der Waals surface area contributed by atoms with Crippen LogP contribution < -0.4 is 5.73 Å². The third-order valence-corrected chi connectivity index (χ3v) is 2.68. The molecule has 0 radical (unpaired) electrons. The number of thioether (sulfide) groups is 1. The van der Waals surface area contributed by atoms with E-state index in [0.717, 1.165) is 6.07 Å². The van der Waals surface area contributed by atoms with E-state index >= 15 is 0 Å². The summed E-state index contributed by atoms with van der Waals surface area (Å²) in [5.41, 5.74) is 5.52. The first-order valence-corrected chi connectivity index (χ1v) is 4.91. The van der Waals surface area contributed by atoms with Crippen LogP contribution in [-0.4, -0.2) is 11.8 Å². The SMILES string of the molecule is C[C@@H](N)CSc1ccc(F)c(F)c1. The fourth-order valence-electron chi connectivity index (χ4n) is 0.794. The van der Waals surface area contributed by atoms with E-state index in [-0.39, 0.29) is 6.04 Å². The third-order valence-electron chi connectivity index (χ3n) is 1.40. The first-order valence-electron chi connectivity index (χ1n) is 3.93. The van der Waals surface area contributed by atoms with Crippen LogP contribution >= 0.6 is 11.8 Å². The minimum Gasteiger partial charge on any atom is -0.327 e. The third kappa shape index (κ3) is 3.32. The van der Waals surface area contributed by atoms with Crippen molar-refractivity contribution in [2.45, 2.75) is 17.9 Å². The van der Waals surface area contributed by atoms with Crippen LogP contribution in [0, 0.1) is 11.6 Å². The smallest absolute Gasteiger partial charge is 0.159 e. The van der Waals surface area contributed by atoms with Crippen molar-refractivity contribution in [3.8, 4) is 0 Å². The predicted octanol–water partition coefficient (Wildman–Crippen LogP) is 2.40. The maximum absolute atomic E-state index is 12.7. The zero-order valence-electron chi connectivity index (χ0n) is 7.26. The van der Waals surface area contributed by atoms with Gasteiger partial charge in [-0.25, -0.2) is 8.78 Å². The molecule has 1 rings (SSSR count). The van der Waals surface area contributed by atoms with E-state index in [1.807, 2.05) is 6.92 Å². The van der Waals surface area contributed by atoms with Crippen LogP contribution in [-0.2, 0) is 0 Å². The van der Waals surface area contributed by atoms with Gasteiger partial charge in [-0.1, -0.05) is 0 Å². The zero-order valence-corrected chi connectivity index (χ0v) is 8.07. The Bertz CT molecular complexity index is 289. The minimum atomic E-state index is -0.815. The van der Waals surface area contributed by atoms with Gasteiger partial charge in [0, 0.05) is 16.7 Å². The molecule has 72 valence electrons. The van der Waals surface area contributed by atoms with Gasteiger partial charge < -0.3 is 5.73 Å². The van der Waals surface area contributed by atoms with Gasteiger partial charge in [-0.2, -0.15) is 0 Å². The predicted molar refractivity (Wildman–Crippen MR) is 50.7 cm³/mol. The average Bonchev–Trinajstić information content (AvgIpc) is 2.07. The van der Waals surface area contributed by atoms with Crippen molar-refractivity contribution in [1.29, 1.82) is 0 Å². The highest BCUT2D eigenvalue weighted by Crippen LogP contribution is 2.20. The molecule has 0 aromatic heterocycles. The lowest BCUT2D eigenvalue weighted by Gasteiger charge is -2.04. The lowest BCUT2D eigenvalue weighted by molar-refractivity contribution is 0.506. The standard InChI is InChI=1S/C9H11F2NS/c1-6(12)5-13-7-2-3-8(10)9(11)4-7/h2-4,6H,5,12H2,1H3/t6-/m1/s1. The summed E-state index contributed by atoms with van der Waals surface area (Å²) < 4.78 is 25.2. The largest absolute Gasteiger partial charge is 0.327 e. The number of halogens is 2. The molecule has 1 aromatic rings. The van der Waals surface area contributed by atoms with Gasteiger partial charge in [-0.05, 0) is 25.1 Å². The first-order chi connectivity index (χ1) is 6.09. The maximum Gasteiger partial charge on any atom is 0.159 e. The highest BCUT2D eigenvalue weighted by molar-refractivity contribution is 7.99. The molecule has 1 nitrogen and oxygen atoms in total. The van der Waals surface area contributed by atoms with E-state index in [0.29, 0.717) is 10.6 Å². The molecule has 4 heteroatoms. The van der Waals surface area contributed by atoms with E-state index < -0.39 is 11.6 Å². The van der Waals surface area contributed by atoms with Gasteiger partial charge in [0.1, 0.15) is 0 Å². The van der Waals surface area contributed by atoms with Crippen LogP contribution in [0.1, 0.15) is 6.92 Å². The summed E-state index contributed by atoms with van der Waals surface area (Å²) in [4.78, 5) is 0.705. The Morgan fingerprint density at radius 1 is 1.38 bits per heavy atom. The number of hydrogen-bond acceptors (Lipinski definition) is 2. The quantitative estimate of drug-likeness (QED) is 0.763. The van der Waals surface area contributed by atoms with Crippen molar-refractivity contribution in [1.82, 2.24) is 0 Å². The van der Waals surface area contributed by atoms with Crippen molar-refractivity contribution >= 4 is 11.8 Å². The summed E-state index contributed by atoms with van der Waals surface area (Å²) in [6.45, 7) is 1.87. The van der Waals surface area contributed by atoms with Crippen LogP contribution in [0.25, 0.3) is 0 Å². The van der Waals surface area contributed by atoms with Gasteiger partial charge in [0.05, 0.1) is 0 Å². The van der Waals surface area contributed by atoms with Gasteiger partial charge in [-0.3, -0.25) is 0 Å². The van der Waals surface area contributed by atoms with Crippen molar-refractivity contribution in [2.75, 3.05) is 5.75 Å². The summed E-state index contributed by atoms with van der Waals surface area (Å²) in [6, 6.07) is 3.91. The maximum atomic E-state index is 12.7. The van der Waals surface area contributed by atoms with Crippen LogP contribution in [0.2, 0.25) is 0 Å². The van der Waals surface area contributed by atoms with Crippen LogP contribution in [0.15, 0.2) is 23.1 Å². The Labute approximate surface area is 80.3 Å². The Morgan fingerprint density at radius 3 is 2.62 bits per heavy atom. The first kappa shape index (κ1) is 10.5. The van der Waals surface area contributed by atoms with Crippen molar-refractivity contribution in [2.24, 2.45) is 5.73 Å². The zero-order chi connectivity index (χ0) is 9.84. The number of nitrogens with two attached hydrogens (primary N) is 1. The second kappa shape index (κ2) is 4.58. The molecule has 0 saturated heterocycles. The lowest BCUT2D eigenvalue weighted by atomic mass is 10.3. The molecule has 1 aromatic carbocycles. The van der Waals surface area contributed by atoms with Gasteiger partial charge >= 0.3 is 0 Å². The number of rotatable bonds is 3. The molecule has 0 fully saturated rings. The molecule has 0 unspecified atom stereocenters. The number of hydrogen-bond donors (Lipinski definition) is 1. The molecule has 0 aliphatic heterocycles. The Morgan fingerprint density at radius 2 is 2.08 bits per heavy atom. The summed E-state index contributed by atoms with van der Waals surface area (Å²) in [7, 11) is 0. The molecule has 0 saturated carbocycles. The van der Waals surface area contributed by atoms with Crippen LogP contribution in [0.4, 0.5) is 8.78 Å². The summed E-state index contributed by atoms with van der Waals surface area (Å²) in [5, 5.41) is 0. The molecule has 0 amide bonds. The molecule has 13 heavy (non-hydrogen) atoms. The Balaban J connectivity index is 2.63. The van der Waals surface area contributed by atoms with E-state index in [4.69, 9.17) is 5.73 Å². The van der Waals surface area contributed by atoms with E-state index in [9.17, 15) is 8.78 Å². The second-order valence-corrected chi connectivity index (χ2v) is 3.96. The molecular weight excluding hydrogens is 192 g/mol. The molecule has 2 N–H and O–H groups in total. The van der Waals surface area contributed by atoms with Crippen LogP contribution in [0.5, 0.6) is 0 Å². The van der Waals surface area contributed by atoms with Crippen molar-refractivity contribution < 1.29 is 8.78 Å². The van der Waals surface area contributed by atoms with Gasteiger partial charge in [0.15, 0.2) is 11.6 Å². The minimum absolute atomic E-state index is 0.0538. The van der Waals surface area contributed by atoms with E-state index in [1.165, 1.54) is 17.8 Å². The summed E-state index contributed by atoms with van der Waals surface area (Å²) in [6.07, 6.45) is 0. The molecule has 0 aliphatic rings. The number of benzene rings is 1. The normalized spacial score (nSPS) is 12.9. The van der Waals surface area contributed by atoms with Gasteiger partial charge in [0.2, 0.25) is 0 Å². The fraction of sp³-hybridized carbons (Fsp3) is 0.333. The highest BCUT2D eigenvalue weighted by atomic mass is 32.2. The second-order valence-electron chi connectivity index (χ2n) is 2.86. The van der Waals surface area contributed by atoms with Crippen molar-refractivity contribution in [3.63, 3.8) is 0 Å². The molecular formula is C9H11F2NS.